The van der Waals surface area contributed by atoms with Gasteiger partial charge in [-0.2, -0.15) is 0 Å². The minimum atomic E-state index is -0.749. The number of benzene rings is 2. The second-order valence-electron chi connectivity index (χ2n) is 4.28. The van der Waals surface area contributed by atoms with Gasteiger partial charge in [-0.1, -0.05) is 15.9 Å². The van der Waals surface area contributed by atoms with E-state index in [-0.39, 0.29) is 5.75 Å². The summed E-state index contributed by atoms with van der Waals surface area (Å²) in [5.74, 6) is -1.19. The van der Waals surface area contributed by atoms with Gasteiger partial charge in [-0.15, -0.1) is 0 Å². The Morgan fingerprint density at radius 2 is 1.71 bits per heavy atom. The predicted molar refractivity (Wildman–Crippen MR) is 80.9 cm³/mol. The zero-order chi connectivity index (χ0) is 15.4. The Labute approximate surface area is 130 Å². The molecule has 21 heavy (non-hydrogen) atoms. The molecule has 2 aromatic carbocycles. The molecule has 0 aliphatic rings. The van der Waals surface area contributed by atoms with E-state index in [2.05, 4.69) is 26.0 Å². The summed E-state index contributed by atoms with van der Waals surface area (Å²) < 4.78 is 38.0. The normalized spacial score (nSPS) is 10.3. The number of hydrogen-bond acceptors (Lipinski definition) is 3. The van der Waals surface area contributed by atoms with Gasteiger partial charge in [0.1, 0.15) is 5.75 Å². The Bertz CT molecular complexity index is 627. The van der Waals surface area contributed by atoms with Crippen LogP contribution in [0.5, 0.6) is 11.5 Å². The molecule has 6 heteroatoms. The molecule has 112 valence electrons. The highest BCUT2D eigenvalue weighted by molar-refractivity contribution is 9.10. The van der Waals surface area contributed by atoms with Crippen molar-refractivity contribution in [2.45, 2.75) is 6.54 Å². The molecule has 0 bridgehead atoms. The highest BCUT2D eigenvalue weighted by Crippen LogP contribution is 2.27. The van der Waals surface area contributed by atoms with E-state index in [0.717, 1.165) is 10.0 Å². The maximum absolute atomic E-state index is 13.6. The average Bonchev–Trinajstić information content (AvgIpc) is 2.45. The Morgan fingerprint density at radius 1 is 1.05 bits per heavy atom. The van der Waals surface area contributed by atoms with Crippen LogP contribution in [0.3, 0.4) is 0 Å². The van der Waals surface area contributed by atoms with Crippen LogP contribution in [-0.4, -0.2) is 14.2 Å². The third-order valence-electron chi connectivity index (χ3n) is 2.93. The summed E-state index contributed by atoms with van der Waals surface area (Å²) in [5, 5.41) is 2.96. The molecule has 0 aliphatic heterocycles. The lowest BCUT2D eigenvalue weighted by molar-refractivity contribution is 0.360. The van der Waals surface area contributed by atoms with Crippen molar-refractivity contribution in [2.24, 2.45) is 0 Å². The maximum Gasteiger partial charge on any atom is 0.190 e. The summed E-state index contributed by atoms with van der Waals surface area (Å²) in [6, 6.07) is 7.92. The first-order chi connectivity index (χ1) is 10.0. The van der Waals surface area contributed by atoms with Crippen LogP contribution < -0.4 is 14.8 Å². The Balaban J connectivity index is 2.19. The Morgan fingerprint density at radius 3 is 2.29 bits per heavy atom. The zero-order valence-electron chi connectivity index (χ0n) is 11.5. The number of rotatable bonds is 5. The molecule has 0 atom stereocenters. The van der Waals surface area contributed by atoms with Gasteiger partial charge in [0.05, 0.1) is 14.2 Å². The van der Waals surface area contributed by atoms with E-state index >= 15 is 0 Å². The summed E-state index contributed by atoms with van der Waals surface area (Å²) in [5.41, 5.74) is 1.19. The molecule has 2 rings (SSSR count). The van der Waals surface area contributed by atoms with Gasteiger partial charge in [-0.25, -0.2) is 8.78 Å². The van der Waals surface area contributed by atoms with Gasteiger partial charge >= 0.3 is 0 Å². The third-order valence-corrected chi connectivity index (χ3v) is 3.42. The van der Waals surface area contributed by atoms with E-state index in [1.807, 2.05) is 18.2 Å². The number of halogens is 3. The molecular formula is C15H14BrF2NO2. The minimum Gasteiger partial charge on any atom is -0.496 e. The third kappa shape index (κ3) is 3.64. The second kappa shape index (κ2) is 6.76. The van der Waals surface area contributed by atoms with Crippen LogP contribution in [0.1, 0.15) is 5.56 Å². The molecular weight excluding hydrogens is 344 g/mol. The van der Waals surface area contributed by atoms with Crippen molar-refractivity contribution in [3.63, 3.8) is 0 Å². The standard InChI is InChI=1S/C15H14BrF2NO2/c1-20-14-4-3-10(16)5-9(14)8-19-11-6-12(17)15(21-2)13(18)7-11/h3-7,19H,8H2,1-2H3. The summed E-state index contributed by atoms with van der Waals surface area (Å²) in [6.07, 6.45) is 0. The number of nitrogens with one attached hydrogen (secondary N) is 1. The largest absolute Gasteiger partial charge is 0.496 e. The quantitative estimate of drug-likeness (QED) is 0.862. The van der Waals surface area contributed by atoms with Gasteiger partial charge in [0.15, 0.2) is 17.4 Å². The van der Waals surface area contributed by atoms with Crippen LogP contribution >= 0.6 is 15.9 Å². The van der Waals surface area contributed by atoms with Crippen molar-refractivity contribution in [2.75, 3.05) is 19.5 Å². The molecule has 0 unspecified atom stereocenters. The van der Waals surface area contributed by atoms with Gasteiger partial charge in [-0.3, -0.25) is 0 Å². The van der Waals surface area contributed by atoms with E-state index in [4.69, 9.17) is 4.74 Å². The summed E-state index contributed by atoms with van der Waals surface area (Å²) in [4.78, 5) is 0. The topological polar surface area (TPSA) is 30.5 Å². The van der Waals surface area contributed by atoms with Crippen LogP contribution in [-0.2, 0) is 6.54 Å². The lowest BCUT2D eigenvalue weighted by Crippen LogP contribution is -2.03. The predicted octanol–water partition coefficient (Wildman–Crippen LogP) is 4.36. The molecule has 0 spiro atoms. The first-order valence-electron chi connectivity index (χ1n) is 6.14. The van der Waals surface area contributed by atoms with Gasteiger partial charge < -0.3 is 14.8 Å². The van der Waals surface area contributed by atoms with Crippen LogP contribution in [0.2, 0.25) is 0 Å². The molecule has 3 nitrogen and oxygen atoms in total. The maximum atomic E-state index is 13.6. The van der Waals surface area contributed by atoms with Crippen LogP contribution in [0.15, 0.2) is 34.8 Å². The molecule has 0 saturated heterocycles. The summed E-state index contributed by atoms with van der Waals surface area (Å²) in [7, 11) is 2.79. The molecule has 0 heterocycles. The molecule has 0 saturated carbocycles. The van der Waals surface area contributed by atoms with E-state index < -0.39 is 11.6 Å². The highest BCUT2D eigenvalue weighted by Gasteiger charge is 2.12. The number of hydrogen-bond donors (Lipinski definition) is 1. The molecule has 0 aliphatic carbocycles. The summed E-state index contributed by atoms with van der Waals surface area (Å²) >= 11 is 3.37. The Kier molecular flexibility index (Phi) is 5.01. The van der Waals surface area contributed by atoms with E-state index in [0.29, 0.717) is 18.0 Å². The van der Waals surface area contributed by atoms with E-state index in [1.165, 1.54) is 19.2 Å². The van der Waals surface area contributed by atoms with E-state index in [1.54, 1.807) is 7.11 Å². The SMILES string of the molecule is COc1ccc(Br)cc1CNc1cc(F)c(OC)c(F)c1. The lowest BCUT2D eigenvalue weighted by Gasteiger charge is -2.12. The zero-order valence-corrected chi connectivity index (χ0v) is 13.1. The fraction of sp³-hybridized carbons (Fsp3) is 0.200. The number of anilines is 1. The minimum absolute atomic E-state index is 0.327. The van der Waals surface area contributed by atoms with Crippen molar-refractivity contribution >= 4 is 21.6 Å². The molecule has 0 amide bonds. The first kappa shape index (κ1) is 15.6. The van der Waals surface area contributed by atoms with Crippen LogP contribution in [0.4, 0.5) is 14.5 Å². The van der Waals surface area contributed by atoms with Gasteiger partial charge in [0.2, 0.25) is 0 Å². The molecule has 0 aromatic heterocycles. The highest BCUT2D eigenvalue weighted by atomic mass is 79.9. The van der Waals surface area contributed by atoms with Crippen LogP contribution in [0, 0.1) is 11.6 Å². The van der Waals surface area contributed by atoms with E-state index in [9.17, 15) is 8.78 Å². The fourth-order valence-electron chi connectivity index (χ4n) is 1.94. The van der Waals surface area contributed by atoms with Crippen molar-refractivity contribution in [3.8, 4) is 11.5 Å². The lowest BCUT2D eigenvalue weighted by atomic mass is 10.2. The van der Waals surface area contributed by atoms with Gasteiger partial charge in [-0.05, 0) is 18.2 Å². The summed E-state index contributed by atoms with van der Waals surface area (Å²) in [6.45, 7) is 0.369. The van der Waals surface area contributed by atoms with Crippen molar-refractivity contribution in [3.05, 3.63) is 52.0 Å². The number of ether oxygens (including phenoxy) is 2. The fourth-order valence-corrected chi connectivity index (χ4v) is 2.35. The molecule has 0 fully saturated rings. The Hall–Kier alpha value is -1.82. The van der Waals surface area contributed by atoms with Crippen molar-refractivity contribution < 1.29 is 18.3 Å². The average molecular weight is 358 g/mol. The smallest absolute Gasteiger partial charge is 0.190 e. The molecule has 2 aromatic rings. The second-order valence-corrected chi connectivity index (χ2v) is 5.20. The molecule has 0 radical (unpaired) electrons. The van der Waals surface area contributed by atoms with Gasteiger partial charge in [0, 0.05) is 34.4 Å². The first-order valence-corrected chi connectivity index (χ1v) is 6.93. The van der Waals surface area contributed by atoms with Crippen molar-refractivity contribution in [1.82, 2.24) is 0 Å². The monoisotopic (exact) mass is 357 g/mol. The molecule has 1 N–H and O–H groups in total. The number of methoxy groups -OCH3 is 2. The van der Waals surface area contributed by atoms with Gasteiger partial charge in [0.25, 0.3) is 0 Å². The van der Waals surface area contributed by atoms with Crippen LogP contribution in [0.25, 0.3) is 0 Å². The van der Waals surface area contributed by atoms with Crippen molar-refractivity contribution in [1.29, 1.82) is 0 Å².